The minimum absolute atomic E-state index is 0.117. The van der Waals surface area contributed by atoms with Gasteiger partial charge in [0, 0.05) is 25.5 Å². The van der Waals surface area contributed by atoms with Gasteiger partial charge in [0.1, 0.15) is 0 Å². The normalized spacial score (nSPS) is 18.9. The van der Waals surface area contributed by atoms with E-state index in [0.717, 1.165) is 50.2 Å². The van der Waals surface area contributed by atoms with Gasteiger partial charge in [0.05, 0.1) is 15.7 Å². The molecule has 6 heteroatoms. The molecule has 4 nitrogen and oxygen atoms in total. The van der Waals surface area contributed by atoms with E-state index >= 15 is 0 Å². The Kier molecular flexibility index (Phi) is 4.64. The van der Waals surface area contributed by atoms with Crippen molar-refractivity contribution in [3.8, 4) is 0 Å². The zero-order valence-electron chi connectivity index (χ0n) is 12.7. The van der Waals surface area contributed by atoms with E-state index in [9.17, 15) is 5.11 Å². The first kappa shape index (κ1) is 16.1. The fourth-order valence-corrected chi connectivity index (χ4v) is 3.72. The standard InChI is InChI=1S/C16H21Cl2N3O/c1-2-16(11-22)3-5-20(6-4-16)9-13-10-21-8-12(17)7-14(18)15(21)19-13/h7-8,10,22H,2-6,9,11H2,1H3. The first-order chi connectivity index (χ1) is 10.5. The number of piperidine rings is 1. The summed E-state index contributed by atoms with van der Waals surface area (Å²) in [4.78, 5) is 7.00. The second-order valence-electron chi connectivity index (χ2n) is 6.26. The molecule has 1 N–H and O–H groups in total. The molecule has 0 radical (unpaired) electrons. The van der Waals surface area contributed by atoms with Crippen LogP contribution in [0.3, 0.4) is 0 Å². The number of nitrogens with zero attached hydrogens (tertiary/aromatic N) is 3. The molecule has 2 aromatic rings. The maximum atomic E-state index is 9.61. The third kappa shape index (κ3) is 3.11. The minimum Gasteiger partial charge on any atom is -0.396 e. The van der Waals surface area contributed by atoms with Crippen molar-refractivity contribution in [2.75, 3.05) is 19.7 Å². The van der Waals surface area contributed by atoms with E-state index in [2.05, 4.69) is 16.8 Å². The molecule has 1 saturated heterocycles. The molecule has 120 valence electrons. The van der Waals surface area contributed by atoms with Gasteiger partial charge in [0.2, 0.25) is 0 Å². The van der Waals surface area contributed by atoms with Crippen molar-refractivity contribution in [1.82, 2.24) is 14.3 Å². The molecular weight excluding hydrogens is 321 g/mol. The molecular formula is C16H21Cl2N3O. The number of aliphatic hydroxyl groups excluding tert-OH is 1. The van der Waals surface area contributed by atoms with Crippen LogP contribution >= 0.6 is 23.2 Å². The van der Waals surface area contributed by atoms with Crippen LogP contribution in [0.1, 0.15) is 31.9 Å². The van der Waals surface area contributed by atoms with Crippen LogP contribution in [-0.2, 0) is 6.54 Å². The molecule has 3 rings (SSSR count). The highest BCUT2D eigenvalue weighted by molar-refractivity contribution is 6.36. The molecule has 2 aromatic heterocycles. The molecule has 1 fully saturated rings. The van der Waals surface area contributed by atoms with Gasteiger partial charge in [0.25, 0.3) is 0 Å². The summed E-state index contributed by atoms with van der Waals surface area (Å²) in [5, 5.41) is 10.8. The van der Waals surface area contributed by atoms with Crippen molar-refractivity contribution in [1.29, 1.82) is 0 Å². The van der Waals surface area contributed by atoms with Gasteiger partial charge in [-0.05, 0) is 43.8 Å². The molecule has 0 bridgehead atoms. The summed E-state index contributed by atoms with van der Waals surface area (Å²) in [6.45, 7) is 5.26. The molecule has 0 aromatic carbocycles. The van der Waals surface area contributed by atoms with Gasteiger partial charge in [0.15, 0.2) is 5.65 Å². The van der Waals surface area contributed by atoms with Gasteiger partial charge in [-0.25, -0.2) is 4.98 Å². The Labute approximate surface area is 140 Å². The highest BCUT2D eigenvalue weighted by atomic mass is 35.5. The van der Waals surface area contributed by atoms with Gasteiger partial charge in [-0.15, -0.1) is 0 Å². The van der Waals surface area contributed by atoms with Crippen LogP contribution in [0, 0.1) is 5.41 Å². The van der Waals surface area contributed by atoms with Crippen LogP contribution in [0.4, 0.5) is 0 Å². The van der Waals surface area contributed by atoms with Crippen LogP contribution in [0.25, 0.3) is 5.65 Å². The van der Waals surface area contributed by atoms with Gasteiger partial charge in [-0.2, -0.15) is 0 Å². The summed E-state index contributed by atoms with van der Waals surface area (Å²) in [6, 6.07) is 1.72. The molecule has 0 atom stereocenters. The molecule has 3 heterocycles. The monoisotopic (exact) mass is 341 g/mol. The molecule has 0 saturated carbocycles. The van der Waals surface area contributed by atoms with E-state index in [1.807, 2.05) is 16.8 Å². The average Bonchev–Trinajstić information content (AvgIpc) is 2.91. The first-order valence-corrected chi connectivity index (χ1v) is 8.47. The summed E-state index contributed by atoms with van der Waals surface area (Å²) in [6.07, 6.45) is 6.93. The highest BCUT2D eigenvalue weighted by Gasteiger charge is 2.32. The van der Waals surface area contributed by atoms with Crippen molar-refractivity contribution >= 4 is 28.8 Å². The number of imidazole rings is 1. The lowest BCUT2D eigenvalue weighted by molar-refractivity contribution is 0.0379. The van der Waals surface area contributed by atoms with Crippen LogP contribution in [0.15, 0.2) is 18.5 Å². The number of likely N-dealkylation sites (tertiary alicyclic amines) is 1. The zero-order valence-corrected chi connectivity index (χ0v) is 14.2. The van der Waals surface area contributed by atoms with Crippen molar-refractivity contribution in [2.24, 2.45) is 5.41 Å². The summed E-state index contributed by atoms with van der Waals surface area (Å²) in [7, 11) is 0. The van der Waals surface area contributed by atoms with E-state index < -0.39 is 0 Å². The molecule has 0 aliphatic carbocycles. The SMILES string of the molecule is CCC1(CO)CCN(Cc2cn3cc(Cl)cc(Cl)c3n2)CC1. The lowest BCUT2D eigenvalue weighted by Gasteiger charge is -2.40. The van der Waals surface area contributed by atoms with Gasteiger partial charge in [-0.3, -0.25) is 4.90 Å². The largest absolute Gasteiger partial charge is 0.396 e. The van der Waals surface area contributed by atoms with E-state index in [4.69, 9.17) is 23.2 Å². The lowest BCUT2D eigenvalue weighted by atomic mass is 9.77. The molecule has 0 amide bonds. The summed E-state index contributed by atoms with van der Waals surface area (Å²) in [5.74, 6) is 0. The number of fused-ring (bicyclic) bond motifs is 1. The minimum atomic E-state index is 0.117. The lowest BCUT2D eigenvalue weighted by Crippen LogP contribution is -2.41. The Hall–Kier alpha value is -0.810. The van der Waals surface area contributed by atoms with Crippen molar-refractivity contribution < 1.29 is 5.11 Å². The summed E-state index contributed by atoms with van der Waals surface area (Å²) in [5.41, 5.74) is 1.86. The molecule has 22 heavy (non-hydrogen) atoms. The number of aliphatic hydroxyl groups is 1. The molecule has 0 spiro atoms. The molecule has 1 aliphatic rings. The Morgan fingerprint density at radius 3 is 2.64 bits per heavy atom. The molecule has 1 aliphatic heterocycles. The Bertz CT molecular complexity index is 657. The number of rotatable bonds is 4. The smallest absolute Gasteiger partial charge is 0.156 e. The topological polar surface area (TPSA) is 40.8 Å². The summed E-state index contributed by atoms with van der Waals surface area (Å²) >= 11 is 12.2. The Balaban J connectivity index is 1.71. The highest BCUT2D eigenvalue weighted by Crippen LogP contribution is 2.34. The van der Waals surface area contributed by atoms with E-state index in [-0.39, 0.29) is 5.41 Å². The number of hydrogen-bond acceptors (Lipinski definition) is 3. The van der Waals surface area contributed by atoms with Crippen molar-refractivity contribution in [3.05, 3.63) is 34.2 Å². The van der Waals surface area contributed by atoms with Gasteiger partial charge >= 0.3 is 0 Å². The number of aromatic nitrogens is 2. The van der Waals surface area contributed by atoms with E-state index in [1.165, 1.54) is 0 Å². The second-order valence-corrected chi connectivity index (χ2v) is 7.10. The Morgan fingerprint density at radius 1 is 1.27 bits per heavy atom. The van der Waals surface area contributed by atoms with Crippen LogP contribution in [0.5, 0.6) is 0 Å². The predicted octanol–water partition coefficient (Wildman–Crippen LogP) is 3.63. The van der Waals surface area contributed by atoms with Gasteiger partial charge < -0.3 is 9.51 Å². The third-order valence-electron chi connectivity index (χ3n) is 4.91. The van der Waals surface area contributed by atoms with Crippen molar-refractivity contribution in [3.63, 3.8) is 0 Å². The fraction of sp³-hybridized carbons (Fsp3) is 0.562. The van der Waals surface area contributed by atoms with Crippen molar-refractivity contribution in [2.45, 2.75) is 32.7 Å². The van der Waals surface area contributed by atoms with Crippen LogP contribution in [-0.4, -0.2) is 39.1 Å². The maximum Gasteiger partial charge on any atom is 0.156 e. The number of halogens is 2. The summed E-state index contributed by atoms with van der Waals surface area (Å²) < 4.78 is 1.88. The average molecular weight is 342 g/mol. The third-order valence-corrected chi connectivity index (χ3v) is 5.40. The molecule has 0 unspecified atom stereocenters. The number of hydrogen-bond donors (Lipinski definition) is 1. The predicted molar refractivity (Wildman–Crippen MR) is 89.5 cm³/mol. The fourth-order valence-electron chi connectivity index (χ4n) is 3.19. The second kappa shape index (κ2) is 6.36. The van der Waals surface area contributed by atoms with Crippen LogP contribution in [0.2, 0.25) is 10.0 Å². The quantitative estimate of drug-likeness (QED) is 0.923. The van der Waals surface area contributed by atoms with E-state index in [0.29, 0.717) is 16.7 Å². The maximum absolute atomic E-state index is 9.61. The van der Waals surface area contributed by atoms with Gasteiger partial charge in [-0.1, -0.05) is 30.1 Å². The van der Waals surface area contributed by atoms with Crippen LogP contribution < -0.4 is 0 Å². The van der Waals surface area contributed by atoms with E-state index in [1.54, 1.807) is 6.07 Å². The first-order valence-electron chi connectivity index (χ1n) is 7.71. The zero-order chi connectivity index (χ0) is 15.7. The Morgan fingerprint density at radius 2 is 2.00 bits per heavy atom. The number of pyridine rings is 1.